The lowest BCUT2D eigenvalue weighted by Gasteiger charge is -2.28. The fraction of sp³-hybridized carbons (Fsp3) is 0.255. The van der Waals surface area contributed by atoms with Gasteiger partial charge in [0.15, 0.2) is 0 Å². The molecule has 9 rings (SSSR count). The molecule has 0 bridgehead atoms. The first-order valence-corrected chi connectivity index (χ1v) is 21.6. The Kier molecular flexibility index (Phi) is 11.0. The van der Waals surface area contributed by atoms with Crippen LogP contribution in [0.5, 0.6) is 0 Å². The minimum absolute atomic E-state index is 0.0535. The Morgan fingerprint density at radius 1 is 0.759 bits per heavy atom. The molecule has 3 aromatic heterocycles. The summed E-state index contributed by atoms with van der Waals surface area (Å²) in [5.74, 6) is -0.303. The Morgan fingerprint density at radius 3 is 1.95 bits per heavy atom. The van der Waals surface area contributed by atoms with E-state index in [0.717, 1.165) is 92.7 Å². The normalized spacial score (nSPS) is 18.3. The first-order valence-electron chi connectivity index (χ1n) is 19.9. The lowest BCUT2D eigenvalue weighted by atomic mass is 10.0. The summed E-state index contributed by atoms with van der Waals surface area (Å²) < 4.78 is 5.11. The van der Waals surface area contributed by atoms with Gasteiger partial charge in [-0.3, -0.25) is 14.4 Å². The van der Waals surface area contributed by atoms with Gasteiger partial charge in [0, 0.05) is 31.9 Å². The van der Waals surface area contributed by atoms with Gasteiger partial charge in [-0.15, -0.1) is 22.7 Å². The summed E-state index contributed by atoms with van der Waals surface area (Å²) in [6.07, 6.45) is 19.1. The molecule has 3 amide bonds. The van der Waals surface area contributed by atoms with E-state index in [2.05, 4.69) is 72.1 Å². The van der Waals surface area contributed by atoms with Crippen LogP contribution in [0, 0.1) is 0 Å². The predicted octanol–water partition coefficient (Wildman–Crippen LogP) is 10.4. The summed E-state index contributed by atoms with van der Waals surface area (Å²) in [5, 5.41) is 4.85. The molecule has 0 unspecified atom stereocenters. The van der Waals surface area contributed by atoms with Gasteiger partial charge in [-0.25, -0.2) is 9.97 Å². The second-order valence-electron chi connectivity index (χ2n) is 15.0. The van der Waals surface area contributed by atoms with E-state index >= 15 is 0 Å². The molecule has 3 aromatic carbocycles. The van der Waals surface area contributed by atoms with E-state index in [9.17, 15) is 14.4 Å². The molecule has 58 heavy (non-hydrogen) atoms. The highest BCUT2D eigenvalue weighted by Gasteiger charge is 2.37. The van der Waals surface area contributed by atoms with Crippen molar-refractivity contribution in [2.75, 3.05) is 13.1 Å². The van der Waals surface area contributed by atoms with Crippen LogP contribution in [-0.4, -0.2) is 50.6 Å². The van der Waals surface area contributed by atoms with Gasteiger partial charge >= 0.3 is 0 Å². The first kappa shape index (κ1) is 37.7. The highest BCUT2D eigenvalue weighted by molar-refractivity contribution is 7.15. The zero-order valence-corrected chi connectivity index (χ0v) is 33.6. The second-order valence-corrected chi connectivity index (χ2v) is 17.1. The molecule has 0 spiro atoms. The molecule has 3 atom stereocenters. The van der Waals surface area contributed by atoms with Gasteiger partial charge in [0.2, 0.25) is 11.8 Å². The largest absolute Gasteiger partial charge is 0.472 e. The van der Waals surface area contributed by atoms with Crippen molar-refractivity contribution in [3.63, 3.8) is 0 Å². The monoisotopic (exact) mass is 805 g/mol. The van der Waals surface area contributed by atoms with Crippen molar-refractivity contribution in [2.45, 2.75) is 63.1 Å². The fourth-order valence-corrected chi connectivity index (χ4v) is 10.4. The summed E-state index contributed by atoms with van der Waals surface area (Å²) in [7, 11) is 0. The average Bonchev–Trinajstić information content (AvgIpc) is 4.13. The summed E-state index contributed by atoms with van der Waals surface area (Å²) in [4.78, 5) is 56.2. The zero-order chi connectivity index (χ0) is 39.4. The lowest BCUT2D eigenvalue weighted by molar-refractivity contribution is -0.134. The second kappa shape index (κ2) is 16.9. The molecule has 3 aliphatic rings. The molecule has 11 heteroatoms. The number of hydrogen-bond donors (Lipinski definition) is 1. The number of carbonyl (C=O) groups is 3. The van der Waals surface area contributed by atoms with Gasteiger partial charge in [0.05, 0.1) is 33.7 Å². The van der Waals surface area contributed by atoms with Gasteiger partial charge in [-0.2, -0.15) is 0 Å². The fourth-order valence-electron chi connectivity index (χ4n) is 8.22. The average molecular weight is 806 g/mol. The van der Waals surface area contributed by atoms with Crippen molar-refractivity contribution < 1.29 is 18.8 Å². The molecule has 5 heterocycles. The number of furan rings is 1. The molecule has 1 aliphatic carbocycles. The zero-order valence-electron chi connectivity index (χ0n) is 32.0. The van der Waals surface area contributed by atoms with Crippen LogP contribution in [0.4, 0.5) is 0 Å². The summed E-state index contributed by atoms with van der Waals surface area (Å²) in [5.41, 5.74) is 6.74. The molecule has 0 saturated carbocycles. The molecule has 292 valence electrons. The SMILES string of the molecule is O=C(N[C@H](C(=O)N1CCC[C@H]1c1ncc(-c2ccc(-c3ccc(-c4cnc([C@@H]5CCCN5C(=O)CC5=CC=CCC5)s4)cc3)cc2)s1)c1ccccc1)c1ccoc1. The van der Waals surface area contributed by atoms with Crippen molar-refractivity contribution in [2.24, 2.45) is 0 Å². The van der Waals surface area contributed by atoms with Crippen molar-refractivity contribution in [3.05, 3.63) is 155 Å². The topological polar surface area (TPSA) is 109 Å². The molecule has 9 nitrogen and oxygen atoms in total. The Labute approximate surface area is 345 Å². The third-order valence-corrected chi connectivity index (χ3v) is 13.6. The van der Waals surface area contributed by atoms with Crippen molar-refractivity contribution >= 4 is 40.4 Å². The number of thiazole rings is 2. The molecule has 0 radical (unpaired) electrons. The Hall–Kier alpha value is -5.91. The summed E-state index contributed by atoms with van der Waals surface area (Å²) >= 11 is 3.30. The number of aromatic nitrogens is 2. The molecule has 2 fully saturated rings. The number of nitrogens with zero attached hydrogens (tertiary/aromatic N) is 4. The minimum Gasteiger partial charge on any atom is -0.472 e. The van der Waals surface area contributed by atoms with Crippen LogP contribution in [0.3, 0.4) is 0 Å². The number of likely N-dealkylation sites (tertiary alicyclic amines) is 2. The van der Waals surface area contributed by atoms with Crippen LogP contribution in [-0.2, 0) is 9.59 Å². The van der Waals surface area contributed by atoms with Crippen LogP contribution in [0.25, 0.3) is 32.0 Å². The van der Waals surface area contributed by atoms with Gasteiger partial charge in [-0.05, 0) is 72.4 Å². The van der Waals surface area contributed by atoms with E-state index in [1.54, 1.807) is 28.7 Å². The van der Waals surface area contributed by atoms with Crippen LogP contribution < -0.4 is 5.32 Å². The summed E-state index contributed by atoms with van der Waals surface area (Å²) in [6, 6.07) is 27.1. The van der Waals surface area contributed by atoms with Crippen LogP contribution in [0.1, 0.15) is 89.0 Å². The Bertz CT molecular complexity index is 2450. The van der Waals surface area contributed by atoms with E-state index in [1.165, 1.54) is 18.1 Å². The number of benzene rings is 3. The molecule has 2 aliphatic heterocycles. The van der Waals surface area contributed by atoms with E-state index in [4.69, 9.17) is 14.4 Å². The highest BCUT2D eigenvalue weighted by Crippen LogP contribution is 2.41. The van der Waals surface area contributed by atoms with Gasteiger partial charge in [0.1, 0.15) is 22.3 Å². The number of rotatable bonds is 11. The third-order valence-electron chi connectivity index (χ3n) is 11.3. The van der Waals surface area contributed by atoms with Gasteiger partial charge in [0.25, 0.3) is 5.91 Å². The van der Waals surface area contributed by atoms with E-state index in [0.29, 0.717) is 18.5 Å². The van der Waals surface area contributed by atoms with Crippen molar-refractivity contribution in [1.82, 2.24) is 25.1 Å². The van der Waals surface area contributed by atoms with Gasteiger partial charge < -0.3 is 19.5 Å². The third kappa shape index (κ3) is 7.97. The van der Waals surface area contributed by atoms with Crippen LogP contribution in [0.15, 0.2) is 138 Å². The smallest absolute Gasteiger partial charge is 0.255 e. The maximum Gasteiger partial charge on any atom is 0.255 e. The number of allylic oxidation sites excluding steroid dienone is 3. The minimum atomic E-state index is -0.836. The Morgan fingerprint density at radius 2 is 1.36 bits per heavy atom. The maximum absolute atomic E-state index is 14.2. The van der Waals surface area contributed by atoms with Crippen molar-refractivity contribution in [1.29, 1.82) is 0 Å². The van der Waals surface area contributed by atoms with Gasteiger partial charge in [-0.1, -0.05) is 103 Å². The number of hydrogen-bond acceptors (Lipinski definition) is 8. The maximum atomic E-state index is 14.2. The quantitative estimate of drug-likeness (QED) is 0.140. The molecular formula is C47H43N5O4S2. The number of carbonyl (C=O) groups excluding carboxylic acids is 3. The molecule has 1 N–H and O–H groups in total. The van der Waals surface area contributed by atoms with E-state index < -0.39 is 6.04 Å². The first-order chi connectivity index (χ1) is 28.5. The standard InChI is InChI=1S/C47H43N5O4S2/c53-42(27-31-9-3-1-4-10-31)51-24-7-13-38(51)45-48-28-40(57-45)34-19-15-32(16-20-34)33-17-21-35(22-18-33)41-29-49-46(58-41)39-14-8-25-52(39)47(55)43(36-11-5-2-6-12-36)50-44(54)37-23-26-56-30-37/h1-3,5-6,9,11-12,15-23,26,28-30,38-39,43H,4,7-8,10,13-14,24-25,27H2,(H,50,54)/t38-,39-,43-/m0/s1. The van der Waals surface area contributed by atoms with Crippen LogP contribution in [0.2, 0.25) is 0 Å². The number of amides is 3. The lowest BCUT2D eigenvalue weighted by Crippen LogP contribution is -2.42. The molecule has 2 saturated heterocycles. The Balaban J connectivity index is 0.853. The van der Waals surface area contributed by atoms with Crippen molar-refractivity contribution in [3.8, 4) is 32.0 Å². The highest BCUT2D eigenvalue weighted by atomic mass is 32.1. The predicted molar refractivity (Wildman–Crippen MR) is 228 cm³/mol. The molecule has 6 aromatic rings. The molecular weight excluding hydrogens is 763 g/mol. The van der Waals surface area contributed by atoms with Crippen LogP contribution >= 0.6 is 22.7 Å². The van der Waals surface area contributed by atoms with E-state index in [1.807, 2.05) is 52.5 Å². The summed E-state index contributed by atoms with van der Waals surface area (Å²) in [6.45, 7) is 1.39. The van der Waals surface area contributed by atoms with E-state index in [-0.39, 0.29) is 29.8 Å². The number of nitrogens with one attached hydrogen (secondary N) is 1.